The van der Waals surface area contributed by atoms with E-state index in [-0.39, 0.29) is 36.3 Å². The fourth-order valence-electron chi connectivity index (χ4n) is 4.94. The number of methoxy groups -OCH3 is 1. The van der Waals surface area contributed by atoms with E-state index in [2.05, 4.69) is 24.5 Å². The largest absolute Gasteiger partial charge is 0.493 e. The number of aliphatic hydroxyl groups excluding tert-OH is 1. The van der Waals surface area contributed by atoms with Gasteiger partial charge in [-0.15, -0.1) is 0 Å². The zero-order chi connectivity index (χ0) is 29.5. The van der Waals surface area contributed by atoms with Gasteiger partial charge in [-0.3, -0.25) is 9.59 Å². The van der Waals surface area contributed by atoms with Crippen LogP contribution in [0.3, 0.4) is 0 Å². The molecule has 1 aromatic rings. The highest BCUT2D eigenvalue weighted by Crippen LogP contribution is 2.25. The summed E-state index contributed by atoms with van der Waals surface area (Å²) in [6, 6.07) is 6.65. The third-order valence-corrected chi connectivity index (χ3v) is 7.70. The number of hydrogen-bond donors (Lipinski definition) is 4. The molecule has 228 valence electrons. The maximum absolute atomic E-state index is 13.0. The minimum Gasteiger partial charge on any atom is -0.493 e. The van der Waals surface area contributed by atoms with Gasteiger partial charge < -0.3 is 35.7 Å². The minimum absolute atomic E-state index is 0.0394. The lowest BCUT2D eigenvalue weighted by atomic mass is 9.87. The number of unbranched alkanes of at least 4 members (excludes halogenated alkanes) is 1. The lowest BCUT2D eigenvalue weighted by Gasteiger charge is -2.32. The second-order valence-corrected chi connectivity index (χ2v) is 11.8. The molecular weight excluding hydrogens is 510 g/mol. The van der Waals surface area contributed by atoms with E-state index in [9.17, 15) is 14.7 Å². The number of aliphatic hydroxyl groups is 1. The average molecular weight is 564 g/mol. The summed E-state index contributed by atoms with van der Waals surface area (Å²) in [6.07, 6.45) is 6.83. The van der Waals surface area contributed by atoms with Crippen LogP contribution in [0.4, 0.5) is 0 Å². The molecule has 3 atom stereocenters. The molecule has 9 nitrogen and oxygen atoms in total. The molecule has 5 N–H and O–H groups in total. The molecule has 2 amide bonds. The van der Waals surface area contributed by atoms with Gasteiger partial charge in [0.25, 0.3) is 11.8 Å². The Morgan fingerprint density at radius 1 is 1.05 bits per heavy atom. The smallest absolute Gasteiger partial charge is 0.255 e. The summed E-state index contributed by atoms with van der Waals surface area (Å²) in [7, 11) is 1.67. The molecule has 0 unspecified atom stereocenters. The second-order valence-electron chi connectivity index (χ2n) is 11.8. The molecule has 0 aliphatic heterocycles. The van der Waals surface area contributed by atoms with Crippen molar-refractivity contribution >= 4 is 11.8 Å². The Morgan fingerprint density at radius 2 is 1.73 bits per heavy atom. The van der Waals surface area contributed by atoms with Gasteiger partial charge in [0.15, 0.2) is 0 Å². The molecule has 0 spiro atoms. The summed E-state index contributed by atoms with van der Waals surface area (Å²) in [5, 5.41) is 16.6. The fraction of sp³-hybridized carbons (Fsp3) is 0.742. The van der Waals surface area contributed by atoms with Crippen LogP contribution in [0.2, 0.25) is 0 Å². The van der Waals surface area contributed by atoms with Crippen LogP contribution < -0.4 is 21.1 Å². The van der Waals surface area contributed by atoms with Gasteiger partial charge in [0.2, 0.25) is 0 Å². The van der Waals surface area contributed by atoms with Gasteiger partial charge in [-0.25, -0.2) is 0 Å². The maximum Gasteiger partial charge on any atom is 0.255 e. The third kappa shape index (κ3) is 11.7. The predicted molar refractivity (Wildman–Crippen MR) is 157 cm³/mol. The molecule has 1 aliphatic rings. The van der Waals surface area contributed by atoms with E-state index in [1.165, 1.54) is 6.42 Å². The van der Waals surface area contributed by atoms with Crippen LogP contribution in [0.25, 0.3) is 0 Å². The Hall–Kier alpha value is -2.20. The summed E-state index contributed by atoms with van der Waals surface area (Å²) in [6.45, 7) is 9.32. The molecule has 0 heterocycles. The summed E-state index contributed by atoms with van der Waals surface area (Å²) in [5.41, 5.74) is 5.87. The zero-order valence-corrected chi connectivity index (χ0v) is 25.2. The average Bonchev–Trinajstić information content (AvgIpc) is 2.93. The first-order chi connectivity index (χ1) is 19.0. The lowest BCUT2D eigenvalue weighted by Crippen LogP contribution is -2.51. The molecule has 1 fully saturated rings. The lowest BCUT2D eigenvalue weighted by molar-refractivity contribution is -0.152. The molecule has 1 aromatic carbocycles. The van der Waals surface area contributed by atoms with E-state index in [1.807, 2.05) is 12.1 Å². The van der Waals surface area contributed by atoms with Crippen molar-refractivity contribution in [2.45, 2.75) is 103 Å². The second kappa shape index (κ2) is 17.6. The Balaban J connectivity index is 1.83. The number of benzene rings is 1. The predicted octanol–water partition coefficient (Wildman–Crippen LogP) is 3.82. The Morgan fingerprint density at radius 3 is 2.40 bits per heavy atom. The van der Waals surface area contributed by atoms with Crippen molar-refractivity contribution in [1.82, 2.24) is 10.6 Å². The highest BCUT2D eigenvalue weighted by molar-refractivity contribution is 5.96. The zero-order valence-electron chi connectivity index (χ0n) is 25.2. The normalized spacial score (nSPS) is 16.8. The van der Waals surface area contributed by atoms with Crippen molar-refractivity contribution in [3.05, 3.63) is 29.8 Å². The van der Waals surface area contributed by atoms with Gasteiger partial charge in [0.05, 0.1) is 24.4 Å². The number of hydrogen-bond acceptors (Lipinski definition) is 7. The standard InChI is InChI=1S/C31H53N3O6/c1-22(2)23(20-33-29(36)25-15-9-10-16-28(25)39-18-12-11-17-38-5)19-26(32)27(35)21-34-30(37)31(3,4)40-24-13-7-6-8-14-24/h9-10,15-16,22-24,26-27,35H,6-8,11-14,17-21,32H2,1-5H3,(H,33,36)(H,34,37)/t23-,26+,27+/m1/s1. The SMILES string of the molecule is COCCCCOc1ccccc1C(=O)NC[C@@H](C[C@H](N)[C@@H](O)CNC(=O)C(C)(C)OC1CCCCC1)C(C)C. The highest BCUT2D eigenvalue weighted by Gasteiger charge is 2.33. The van der Waals surface area contributed by atoms with E-state index in [4.69, 9.17) is 19.9 Å². The van der Waals surface area contributed by atoms with Gasteiger partial charge in [0, 0.05) is 32.8 Å². The molecule has 2 rings (SSSR count). The van der Waals surface area contributed by atoms with E-state index >= 15 is 0 Å². The molecule has 40 heavy (non-hydrogen) atoms. The summed E-state index contributed by atoms with van der Waals surface area (Å²) in [5.74, 6) is 0.355. The molecule has 1 aliphatic carbocycles. The Kier molecular flexibility index (Phi) is 14.9. The number of rotatable bonds is 18. The minimum atomic E-state index is -0.972. The number of amides is 2. The van der Waals surface area contributed by atoms with Crippen LogP contribution in [0.1, 0.15) is 89.4 Å². The van der Waals surface area contributed by atoms with Gasteiger partial charge in [-0.2, -0.15) is 0 Å². The first-order valence-corrected chi connectivity index (χ1v) is 14.9. The van der Waals surface area contributed by atoms with Crippen molar-refractivity contribution in [2.24, 2.45) is 17.6 Å². The quantitative estimate of drug-likeness (QED) is 0.200. The number of carbonyl (C=O) groups excluding carboxylic acids is 2. The van der Waals surface area contributed by atoms with Crippen LogP contribution in [-0.2, 0) is 14.3 Å². The van der Waals surface area contributed by atoms with Crippen molar-refractivity contribution < 1.29 is 28.9 Å². The van der Waals surface area contributed by atoms with E-state index in [0.29, 0.717) is 37.5 Å². The Bertz CT molecular complexity index is 888. The number of nitrogens with two attached hydrogens (primary N) is 1. The number of para-hydroxylation sites is 1. The fourth-order valence-corrected chi connectivity index (χ4v) is 4.94. The number of carbonyl (C=O) groups is 2. The van der Waals surface area contributed by atoms with Crippen molar-refractivity contribution in [3.8, 4) is 5.75 Å². The number of ether oxygens (including phenoxy) is 3. The van der Waals surface area contributed by atoms with Crippen LogP contribution in [-0.4, -0.2) is 74.2 Å². The summed E-state index contributed by atoms with van der Waals surface area (Å²) < 4.78 is 17.0. The van der Waals surface area contributed by atoms with Crippen molar-refractivity contribution in [1.29, 1.82) is 0 Å². The van der Waals surface area contributed by atoms with Gasteiger partial charge in [-0.05, 0) is 69.9 Å². The van der Waals surface area contributed by atoms with E-state index in [0.717, 1.165) is 38.5 Å². The molecule has 0 aromatic heterocycles. The molecule has 0 bridgehead atoms. The molecule has 0 saturated heterocycles. The molecular formula is C31H53N3O6. The molecule has 9 heteroatoms. The van der Waals surface area contributed by atoms with Crippen LogP contribution in [0.15, 0.2) is 24.3 Å². The summed E-state index contributed by atoms with van der Waals surface area (Å²) in [4.78, 5) is 25.8. The van der Waals surface area contributed by atoms with Gasteiger partial charge in [-0.1, -0.05) is 45.2 Å². The van der Waals surface area contributed by atoms with Crippen LogP contribution >= 0.6 is 0 Å². The first-order valence-electron chi connectivity index (χ1n) is 14.9. The van der Waals surface area contributed by atoms with Crippen LogP contribution in [0, 0.1) is 11.8 Å². The Labute approximate surface area is 240 Å². The first kappa shape index (κ1) is 34.0. The van der Waals surface area contributed by atoms with Crippen LogP contribution in [0.5, 0.6) is 5.75 Å². The highest BCUT2D eigenvalue weighted by atomic mass is 16.5. The third-order valence-electron chi connectivity index (χ3n) is 7.70. The topological polar surface area (TPSA) is 132 Å². The number of nitrogens with one attached hydrogen (secondary N) is 2. The van der Waals surface area contributed by atoms with Crippen molar-refractivity contribution in [2.75, 3.05) is 33.4 Å². The van der Waals surface area contributed by atoms with Gasteiger partial charge in [0.1, 0.15) is 11.4 Å². The summed E-state index contributed by atoms with van der Waals surface area (Å²) >= 11 is 0. The molecule has 1 saturated carbocycles. The monoisotopic (exact) mass is 563 g/mol. The van der Waals surface area contributed by atoms with Gasteiger partial charge >= 0.3 is 0 Å². The van der Waals surface area contributed by atoms with E-state index in [1.54, 1.807) is 33.1 Å². The van der Waals surface area contributed by atoms with Crippen molar-refractivity contribution in [3.63, 3.8) is 0 Å². The maximum atomic E-state index is 13.0. The molecule has 0 radical (unpaired) electrons. The van der Waals surface area contributed by atoms with E-state index < -0.39 is 17.7 Å².